The summed E-state index contributed by atoms with van der Waals surface area (Å²) in [5.41, 5.74) is 1.66. The molecule has 0 spiro atoms. The lowest BCUT2D eigenvalue weighted by Gasteiger charge is -2.03. The van der Waals surface area contributed by atoms with Gasteiger partial charge in [0.2, 0.25) is 0 Å². The van der Waals surface area contributed by atoms with Crippen LogP contribution in [0.2, 0.25) is 5.02 Å². The maximum absolute atomic E-state index is 13.0. The molecular formula is C12H8ClF. The van der Waals surface area contributed by atoms with Gasteiger partial charge >= 0.3 is 0 Å². The van der Waals surface area contributed by atoms with Crippen molar-refractivity contribution in [3.63, 3.8) is 0 Å². The number of benzene rings is 2. The van der Waals surface area contributed by atoms with Crippen molar-refractivity contribution in [2.24, 2.45) is 0 Å². The number of hydrogen-bond acceptors (Lipinski definition) is 0. The van der Waals surface area contributed by atoms with E-state index in [9.17, 15) is 4.39 Å². The molecule has 2 aromatic carbocycles. The Balaban J connectivity index is 2.57. The second-order valence-corrected chi connectivity index (χ2v) is 3.40. The highest BCUT2D eigenvalue weighted by atomic mass is 35.5. The first-order valence-electron chi connectivity index (χ1n) is 4.28. The molecule has 0 bridgehead atoms. The Morgan fingerprint density at radius 1 is 0.929 bits per heavy atom. The van der Waals surface area contributed by atoms with E-state index in [1.807, 2.05) is 30.3 Å². The van der Waals surface area contributed by atoms with Crippen LogP contribution in [0.1, 0.15) is 0 Å². The smallest absolute Gasteiger partial charge is 0.123 e. The molecule has 2 rings (SSSR count). The summed E-state index contributed by atoms with van der Waals surface area (Å²) in [5.74, 6) is -0.270. The average molecular weight is 207 g/mol. The Hall–Kier alpha value is -1.34. The van der Waals surface area contributed by atoms with Crippen molar-refractivity contribution in [3.8, 4) is 11.1 Å². The first-order chi connectivity index (χ1) is 6.77. The molecule has 0 nitrogen and oxygen atoms in total. The summed E-state index contributed by atoms with van der Waals surface area (Å²) >= 11 is 5.96. The molecule has 14 heavy (non-hydrogen) atoms. The summed E-state index contributed by atoms with van der Waals surface area (Å²) < 4.78 is 13.0. The highest BCUT2D eigenvalue weighted by Gasteiger charge is 2.03. The lowest BCUT2D eigenvalue weighted by atomic mass is 10.1. The zero-order valence-corrected chi connectivity index (χ0v) is 8.13. The molecule has 0 heterocycles. The van der Waals surface area contributed by atoms with Crippen molar-refractivity contribution >= 4 is 11.6 Å². The monoisotopic (exact) mass is 206 g/mol. The van der Waals surface area contributed by atoms with Crippen LogP contribution in [-0.4, -0.2) is 0 Å². The predicted molar refractivity (Wildman–Crippen MR) is 56.8 cm³/mol. The van der Waals surface area contributed by atoms with Crippen LogP contribution in [0.15, 0.2) is 48.5 Å². The van der Waals surface area contributed by atoms with Gasteiger partial charge in [0.15, 0.2) is 0 Å². The third-order valence-corrected chi connectivity index (χ3v) is 2.34. The van der Waals surface area contributed by atoms with E-state index in [1.54, 1.807) is 6.07 Å². The summed E-state index contributed by atoms with van der Waals surface area (Å²) in [7, 11) is 0. The molecule has 0 aliphatic carbocycles. The minimum absolute atomic E-state index is 0.270. The van der Waals surface area contributed by atoms with Gasteiger partial charge in [-0.2, -0.15) is 0 Å². The largest absolute Gasteiger partial charge is 0.207 e. The summed E-state index contributed by atoms with van der Waals surface area (Å²) in [6, 6.07) is 13.9. The average Bonchev–Trinajstić information content (AvgIpc) is 2.23. The number of halogens is 2. The molecule has 2 aromatic rings. The normalized spacial score (nSPS) is 10.1. The minimum Gasteiger partial charge on any atom is -0.207 e. The van der Waals surface area contributed by atoms with E-state index in [2.05, 4.69) is 0 Å². The van der Waals surface area contributed by atoms with E-state index in [1.165, 1.54) is 12.1 Å². The van der Waals surface area contributed by atoms with E-state index in [-0.39, 0.29) is 5.82 Å². The molecule has 0 saturated carbocycles. The number of hydrogen-bond donors (Lipinski definition) is 0. The topological polar surface area (TPSA) is 0 Å². The van der Waals surface area contributed by atoms with Crippen LogP contribution in [0, 0.1) is 5.82 Å². The fraction of sp³-hybridized carbons (Fsp3) is 0. The van der Waals surface area contributed by atoms with Crippen molar-refractivity contribution in [3.05, 3.63) is 59.4 Å². The van der Waals surface area contributed by atoms with Crippen molar-refractivity contribution in [1.29, 1.82) is 0 Å². The van der Waals surface area contributed by atoms with Gasteiger partial charge < -0.3 is 0 Å². The number of rotatable bonds is 1. The Kier molecular flexibility index (Phi) is 2.51. The SMILES string of the molecule is Fc1ccc(Cl)c(-c2ccccc2)c1. The summed E-state index contributed by atoms with van der Waals surface area (Å²) in [4.78, 5) is 0. The molecule has 0 radical (unpaired) electrons. The van der Waals surface area contributed by atoms with Crippen LogP contribution in [0.5, 0.6) is 0 Å². The van der Waals surface area contributed by atoms with Crippen molar-refractivity contribution in [1.82, 2.24) is 0 Å². The lowest BCUT2D eigenvalue weighted by molar-refractivity contribution is 0.628. The molecule has 0 aliphatic rings. The second kappa shape index (κ2) is 3.81. The van der Waals surface area contributed by atoms with Crippen LogP contribution in [0.25, 0.3) is 11.1 Å². The van der Waals surface area contributed by atoms with Gasteiger partial charge in [0.05, 0.1) is 0 Å². The predicted octanol–water partition coefficient (Wildman–Crippen LogP) is 4.15. The molecule has 70 valence electrons. The van der Waals surface area contributed by atoms with Gasteiger partial charge in [-0.3, -0.25) is 0 Å². The standard InChI is InChI=1S/C12H8ClF/c13-12-7-6-10(14)8-11(12)9-4-2-1-3-5-9/h1-8H. The van der Waals surface area contributed by atoms with Crippen molar-refractivity contribution < 1.29 is 4.39 Å². The molecule has 0 saturated heterocycles. The third-order valence-electron chi connectivity index (χ3n) is 2.01. The zero-order valence-electron chi connectivity index (χ0n) is 7.37. The molecule has 0 atom stereocenters. The molecule has 0 amide bonds. The van der Waals surface area contributed by atoms with Crippen molar-refractivity contribution in [2.45, 2.75) is 0 Å². The first kappa shape index (κ1) is 9.22. The molecular weight excluding hydrogens is 199 g/mol. The Bertz CT molecular complexity index is 437. The maximum Gasteiger partial charge on any atom is 0.123 e. The van der Waals surface area contributed by atoms with E-state index in [0.29, 0.717) is 5.02 Å². The summed E-state index contributed by atoms with van der Waals surface area (Å²) in [5, 5.41) is 0.567. The summed E-state index contributed by atoms with van der Waals surface area (Å²) in [6.45, 7) is 0. The van der Waals surface area contributed by atoms with Gasteiger partial charge in [0, 0.05) is 10.6 Å². The molecule has 0 aliphatic heterocycles. The van der Waals surface area contributed by atoms with E-state index in [4.69, 9.17) is 11.6 Å². The maximum atomic E-state index is 13.0. The fourth-order valence-corrected chi connectivity index (χ4v) is 1.56. The van der Waals surface area contributed by atoms with E-state index in [0.717, 1.165) is 11.1 Å². The fourth-order valence-electron chi connectivity index (χ4n) is 1.34. The van der Waals surface area contributed by atoms with Crippen molar-refractivity contribution in [2.75, 3.05) is 0 Å². The van der Waals surface area contributed by atoms with E-state index < -0.39 is 0 Å². The van der Waals surface area contributed by atoms with Crippen LogP contribution >= 0.6 is 11.6 Å². The highest BCUT2D eigenvalue weighted by molar-refractivity contribution is 6.33. The van der Waals surface area contributed by atoms with Gasteiger partial charge in [-0.1, -0.05) is 41.9 Å². The van der Waals surface area contributed by atoms with Crippen LogP contribution < -0.4 is 0 Å². The second-order valence-electron chi connectivity index (χ2n) is 2.99. The third kappa shape index (κ3) is 1.78. The highest BCUT2D eigenvalue weighted by Crippen LogP contribution is 2.27. The summed E-state index contributed by atoms with van der Waals surface area (Å²) in [6.07, 6.45) is 0. The molecule has 0 aromatic heterocycles. The van der Waals surface area contributed by atoms with Crippen LogP contribution in [0.3, 0.4) is 0 Å². The van der Waals surface area contributed by atoms with Gasteiger partial charge in [-0.25, -0.2) is 4.39 Å². The van der Waals surface area contributed by atoms with Gasteiger partial charge in [0.1, 0.15) is 5.82 Å². The quantitative estimate of drug-likeness (QED) is 0.658. The first-order valence-corrected chi connectivity index (χ1v) is 4.65. The van der Waals surface area contributed by atoms with Gasteiger partial charge in [-0.05, 0) is 23.8 Å². The Morgan fingerprint density at radius 3 is 2.36 bits per heavy atom. The minimum atomic E-state index is -0.270. The molecule has 0 unspecified atom stereocenters. The van der Waals surface area contributed by atoms with Crippen LogP contribution in [0.4, 0.5) is 4.39 Å². The Morgan fingerprint density at radius 2 is 1.64 bits per heavy atom. The molecule has 2 heteroatoms. The van der Waals surface area contributed by atoms with Crippen LogP contribution in [-0.2, 0) is 0 Å². The van der Waals surface area contributed by atoms with E-state index >= 15 is 0 Å². The molecule has 0 N–H and O–H groups in total. The lowest BCUT2D eigenvalue weighted by Crippen LogP contribution is -1.81. The molecule has 0 fully saturated rings. The zero-order chi connectivity index (χ0) is 9.97. The van der Waals surface area contributed by atoms with Gasteiger partial charge in [-0.15, -0.1) is 0 Å². The Labute approximate surface area is 87.0 Å². The van der Waals surface area contributed by atoms with Gasteiger partial charge in [0.25, 0.3) is 0 Å².